The van der Waals surface area contributed by atoms with Gasteiger partial charge in [-0.25, -0.2) is 0 Å². The number of nitrogens with one attached hydrogen (secondary N) is 1. The van der Waals surface area contributed by atoms with E-state index in [9.17, 15) is 4.79 Å². The van der Waals surface area contributed by atoms with Crippen molar-refractivity contribution in [1.29, 1.82) is 0 Å². The van der Waals surface area contributed by atoms with Gasteiger partial charge >= 0.3 is 5.97 Å². The minimum atomic E-state index is -0.121. The lowest BCUT2D eigenvalue weighted by Crippen LogP contribution is -2.22. The van der Waals surface area contributed by atoms with Crippen molar-refractivity contribution < 1.29 is 23.7 Å². The van der Waals surface area contributed by atoms with Gasteiger partial charge in [0.15, 0.2) is 0 Å². The summed E-state index contributed by atoms with van der Waals surface area (Å²) in [5, 5.41) is 3.14. The first kappa shape index (κ1) is 18.4. The maximum atomic E-state index is 11.6. The molecule has 0 aromatic carbocycles. The van der Waals surface area contributed by atoms with Crippen LogP contribution in [0.1, 0.15) is 26.2 Å². The average molecular weight is 303 g/mol. The summed E-state index contributed by atoms with van der Waals surface area (Å²) < 4.78 is 21.2. The fraction of sp³-hybridized carbons (Fsp3) is 0.933. The van der Waals surface area contributed by atoms with Gasteiger partial charge in [0.2, 0.25) is 0 Å². The van der Waals surface area contributed by atoms with Crippen molar-refractivity contribution in [3.8, 4) is 0 Å². The lowest BCUT2D eigenvalue weighted by Gasteiger charge is -2.09. The Morgan fingerprint density at radius 1 is 1.00 bits per heavy atom. The SMILES string of the molecule is CCCCOCCOCCOCCOC(=O)C1CCNC1. The predicted octanol–water partition coefficient (Wildman–Crippen LogP) is 0.989. The van der Waals surface area contributed by atoms with E-state index in [2.05, 4.69) is 12.2 Å². The molecular formula is C15H29NO5. The van der Waals surface area contributed by atoms with E-state index in [-0.39, 0.29) is 11.9 Å². The first-order valence-electron chi connectivity index (χ1n) is 7.95. The van der Waals surface area contributed by atoms with Gasteiger partial charge in [-0.1, -0.05) is 13.3 Å². The van der Waals surface area contributed by atoms with E-state index in [1.165, 1.54) is 0 Å². The number of esters is 1. The second kappa shape index (κ2) is 13.0. The fourth-order valence-corrected chi connectivity index (χ4v) is 1.96. The molecule has 1 saturated heterocycles. The Hall–Kier alpha value is -0.690. The van der Waals surface area contributed by atoms with Crippen LogP contribution in [0.5, 0.6) is 0 Å². The maximum Gasteiger partial charge on any atom is 0.310 e. The molecule has 1 unspecified atom stereocenters. The van der Waals surface area contributed by atoms with Gasteiger partial charge in [-0.05, 0) is 19.4 Å². The maximum absolute atomic E-state index is 11.6. The summed E-state index contributed by atoms with van der Waals surface area (Å²) in [6.45, 7) is 7.58. The normalized spacial score (nSPS) is 18.0. The van der Waals surface area contributed by atoms with E-state index in [0.29, 0.717) is 39.6 Å². The summed E-state index contributed by atoms with van der Waals surface area (Å²) in [6, 6.07) is 0. The molecule has 0 aromatic heterocycles. The van der Waals surface area contributed by atoms with Crippen molar-refractivity contribution in [3.63, 3.8) is 0 Å². The number of ether oxygens (including phenoxy) is 4. The van der Waals surface area contributed by atoms with E-state index in [4.69, 9.17) is 18.9 Å². The van der Waals surface area contributed by atoms with Crippen molar-refractivity contribution in [3.05, 3.63) is 0 Å². The topological polar surface area (TPSA) is 66.0 Å². The van der Waals surface area contributed by atoms with Crippen LogP contribution in [0.15, 0.2) is 0 Å². The molecule has 0 saturated carbocycles. The van der Waals surface area contributed by atoms with Gasteiger partial charge in [-0.15, -0.1) is 0 Å². The lowest BCUT2D eigenvalue weighted by atomic mass is 10.1. The molecule has 1 atom stereocenters. The quantitative estimate of drug-likeness (QED) is 0.404. The van der Waals surface area contributed by atoms with Crippen LogP contribution in [0.2, 0.25) is 0 Å². The largest absolute Gasteiger partial charge is 0.463 e. The van der Waals surface area contributed by atoms with E-state index in [1.807, 2.05) is 0 Å². The van der Waals surface area contributed by atoms with Gasteiger partial charge in [0, 0.05) is 13.2 Å². The Kier molecular flexibility index (Phi) is 11.4. The highest BCUT2D eigenvalue weighted by Gasteiger charge is 2.23. The number of carbonyl (C=O) groups is 1. The van der Waals surface area contributed by atoms with E-state index < -0.39 is 0 Å². The highest BCUT2D eigenvalue weighted by Crippen LogP contribution is 2.08. The van der Waals surface area contributed by atoms with Crippen LogP contribution < -0.4 is 5.32 Å². The molecule has 1 heterocycles. The Morgan fingerprint density at radius 2 is 1.62 bits per heavy atom. The molecular weight excluding hydrogens is 274 g/mol. The predicted molar refractivity (Wildman–Crippen MR) is 79.3 cm³/mol. The molecule has 0 bridgehead atoms. The van der Waals surface area contributed by atoms with Crippen LogP contribution >= 0.6 is 0 Å². The Bertz CT molecular complexity index is 256. The van der Waals surface area contributed by atoms with E-state index in [0.717, 1.165) is 39.0 Å². The second-order valence-corrected chi connectivity index (χ2v) is 5.05. The molecule has 0 aromatic rings. The first-order chi connectivity index (χ1) is 10.3. The van der Waals surface area contributed by atoms with Gasteiger partial charge in [-0.3, -0.25) is 4.79 Å². The van der Waals surface area contributed by atoms with Crippen molar-refractivity contribution in [1.82, 2.24) is 5.32 Å². The molecule has 1 fully saturated rings. The third-order valence-electron chi connectivity index (χ3n) is 3.25. The zero-order valence-electron chi connectivity index (χ0n) is 13.1. The summed E-state index contributed by atoms with van der Waals surface area (Å²) in [5.41, 5.74) is 0. The van der Waals surface area contributed by atoms with Gasteiger partial charge in [0.05, 0.1) is 39.0 Å². The molecule has 6 nitrogen and oxygen atoms in total. The zero-order valence-corrected chi connectivity index (χ0v) is 13.1. The van der Waals surface area contributed by atoms with Gasteiger partial charge < -0.3 is 24.3 Å². The zero-order chi connectivity index (χ0) is 15.2. The van der Waals surface area contributed by atoms with Gasteiger partial charge in [0.1, 0.15) is 6.61 Å². The second-order valence-electron chi connectivity index (χ2n) is 5.05. The molecule has 0 radical (unpaired) electrons. The molecule has 1 aliphatic heterocycles. The van der Waals surface area contributed by atoms with Crippen LogP contribution in [-0.2, 0) is 23.7 Å². The molecule has 0 spiro atoms. The first-order valence-corrected chi connectivity index (χ1v) is 7.95. The Labute approximate surface area is 127 Å². The summed E-state index contributed by atoms with van der Waals surface area (Å²) in [5.74, 6) is -0.106. The van der Waals surface area contributed by atoms with Crippen LogP contribution in [0.3, 0.4) is 0 Å². The van der Waals surface area contributed by atoms with Crippen molar-refractivity contribution in [2.45, 2.75) is 26.2 Å². The molecule has 124 valence electrons. The third-order valence-corrected chi connectivity index (χ3v) is 3.25. The molecule has 1 N–H and O–H groups in total. The Balaban J connectivity index is 1.75. The highest BCUT2D eigenvalue weighted by atomic mass is 16.6. The summed E-state index contributed by atoms with van der Waals surface area (Å²) >= 11 is 0. The molecule has 0 aliphatic carbocycles. The number of rotatable bonds is 13. The molecule has 6 heteroatoms. The molecule has 0 amide bonds. The summed E-state index contributed by atoms with van der Waals surface area (Å²) in [6.07, 6.45) is 3.11. The number of hydrogen-bond donors (Lipinski definition) is 1. The van der Waals surface area contributed by atoms with Crippen molar-refractivity contribution in [2.24, 2.45) is 5.92 Å². The molecule has 21 heavy (non-hydrogen) atoms. The number of hydrogen-bond acceptors (Lipinski definition) is 6. The smallest absolute Gasteiger partial charge is 0.310 e. The van der Waals surface area contributed by atoms with Crippen LogP contribution in [0.4, 0.5) is 0 Å². The molecule has 1 rings (SSSR count). The molecule has 1 aliphatic rings. The third kappa shape index (κ3) is 9.79. The summed E-state index contributed by atoms with van der Waals surface area (Å²) in [4.78, 5) is 11.6. The Morgan fingerprint density at radius 3 is 2.19 bits per heavy atom. The average Bonchev–Trinajstić information content (AvgIpc) is 3.02. The van der Waals surface area contributed by atoms with E-state index >= 15 is 0 Å². The van der Waals surface area contributed by atoms with Crippen LogP contribution in [0, 0.1) is 5.92 Å². The minimum absolute atomic E-state index is 0.0149. The summed E-state index contributed by atoms with van der Waals surface area (Å²) in [7, 11) is 0. The fourth-order valence-electron chi connectivity index (χ4n) is 1.96. The van der Waals surface area contributed by atoms with Crippen molar-refractivity contribution in [2.75, 3.05) is 59.3 Å². The standard InChI is InChI=1S/C15H29NO5/c1-2-3-6-18-7-8-19-9-10-20-11-12-21-15(17)14-4-5-16-13-14/h14,16H,2-13H2,1H3. The number of carbonyl (C=O) groups excluding carboxylic acids is 1. The highest BCUT2D eigenvalue weighted by molar-refractivity contribution is 5.73. The van der Waals surface area contributed by atoms with Gasteiger partial charge in [0.25, 0.3) is 0 Å². The van der Waals surface area contributed by atoms with Crippen LogP contribution in [-0.4, -0.2) is 65.3 Å². The number of unbranched alkanes of at least 4 members (excludes halogenated alkanes) is 1. The van der Waals surface area contributed by atoms with Gasteiger partial charge in [-0.2, -0.15) is 0 Å². The van der Waals surface area contributed by atoms with Crippen molar-refractivity contribution >= 4 is 5.97 Å². The van der Waals surface area contributed by atoms with E-state index in [1.54, 1.807) is 0 Å². The monoisotopic (exact) mass is 303 g/mol. The lowest BCUT2D eigenvalue weighted by molar-refractivity contribution is -0.149. The van der Waals surface area contributed by atoms with Crippen LogP contribution in [0.25, 0.3) is 0 Å². The minimum Gasteiger partial charge on any atom is -0.463 e.